The second-order valence-electron chi connectivity index (χ2n) is 6.21. The summed E-state index contributed by atoms with van der Waals surface area (Å²) in [5.41, 5.74) is 0. The summed E-state index contributed by atoms with van der Waals surface area (Å²) in [6, 6.07) is -1.23. The molecule has 3 atom stereocenters. The first kappa shape index (κ1) is 15.1. The average molecular weight is 284 g/mol. The Balaban J connectivity index is 1.82. The fourth-order valence-electron chi connectivity index (χ4n) is 2.72. The SMILES string of the molecule is CC(C)CC(NC(=O)NC1CCOC1C1CC1)C(=O)O. The summed E-state index contributed by atoms with van der Waals surface area (Å²) in [6.45, 7) is 4.54. The number of nitrogens with one attached hydrogen (secondary N) is 2. The van der Waals surface area contributed by atoms with E-state index >= 15 is 0 Å². The molecule has 6 nitrogen and oxygen atoms in total. The molecule has 1 saturated heterocycles. The van der Waals surface area contributed by atoms with Gasteiger partial charge in [-0.25, -0.2) is 9.59 Å². The molecule has 20 heavy (non-hydrogen) atoms. The first-order valence-electron chi connectivity index (χ1n) is 7.38. The summed E-state index contributed by atoms with van der Waals surface area (Å²) >= 11 is 0. The Hall–Kier alpha value is -1.30. The van der Waals surface area contributed by atoms with Gasteiger partial charge in [-0.05, 0) is 37.5 Å². The first-order chi connectivity index (χ1) is 9.47. The Bertz CT molecular complexity index is 368. The minimum absolute atomic E-state index is 0.0102. The van der Waals surface area contributed by atoms with Crippen LogP contribution in [0, 0.1) is 11.8 Å². The van der Waals surface area contributed by atoms with Crippen molar-refractivity contribution in [2.75, 3.05) is 6.61 Å². The highest BCUT2D eigenvalue weighted by Crippen LogP contribution is 2.38. The number of urea groups is 1. The van der Waals surface area contributed by atoms with Crippen molar-refractivity contribution < 1.29 is 19.4 Å². The number of hydrogen-bond donors (Lipinski definition) is 3. The van der Waals surface area contributed by atoms with Crippen LogP contribution < -0.4 is 10.6 Å². The number of carbonyl (C=O) groups is 2. The van der Waals surface area contributed by atoms with Gasteiger partial charge in [0.1, 0.15) is 6.04 Å². The highest BCUT2D eigenvalue weighted by molar-refractivity contribution is 5.82. The zero-order valence-corrected chi connectivity index (χ0v) is 12.1. The molecule has 2 amide bonds. The van der Waals surface area contributed by atoms with E-state index in [0.29, 0.717) is 18.9 Å². The second kappa shape index (κ2) is 6.43. The molecule has 0 bridgehead atoms. The fourth-order valence-corrected chi connectivity index (χ4v) is 2.72. The molecule has 0 radical (unpaired) electrons. The summed E-state index contributed by atoms with van der Waals surface area (Å²) in [6.07, 6.45) is 3.66. The predicted molar refractivity (Wildman–Crippen MR) is 73.4 cm³/mol. The summed E-state index contributed by atoms with van der Waals surface area (Å²) in [5.74, 6) is -0.213. The van der Waals surface area contributed by atoms with Crippen LogP contribution in [-0.2, 0) is 9.53 Å². The van der Waals surface area contributed by atoms with Gasteiger partial charge in [0.05, 0.1) is 12.1 Å². The highest BCUT2D eigenvalue weighted by Gasteiger charge is 2.41. The van der Waals surface area contributed by atoms with E-state index in [9.17, 15) is 9.59 Å². The van der Waals surface area contributed by atoms with Crippen molar-refractivity contribution in [1.82, 2.24) is 10.6 Å². The van der Waals surface area contributed by atoms with Gasteiger partial charge < -0.3 is 20.5 Å². The van der Waals surface area contributed by atoms with Gasteiger partial charge in [0.2, 0.25) is 0 Å². The maximum absolute atomic E-state index is 11.9. The number of carboxylic acid groups (broad SMARTS) is 1. The van der Waals surface area contributed by atoms with Crippen molar-refractivity contribution in [3.05, 3.63) is 0 Å². The zero-order chi connectivity index (χ0) is 14.7. The highest BCUT2D eigenvalue weighted by atomic mass is 16.5. The van der Waals surface area contributed by atoms with Crippen molar-refractivity contribution in [3.8, 4) is 0 Å². The quantitative estimate of drug-likeness (QED) is 0.687. The fraction of sp³-hybridized carbons (Fsp3) is 0.857. The van der Waals surface area contributed by atoms with E-state index in [1.807, 2.05) is 13.8 Å². The van der Waals surface area contributed by atoms with Gasteiger partial charge in [-0.1, -0.05) is 13.8 Å². The minimum atomic E-state index is -0.990. The summed E-state index contributed by atoms with van der Waals surface area (Å²) in [7, 11) is 0. The standard InChI is InChI=1S/C14H24N2O4/c1-8(2)7-11(13(17)18)16-14(19)15-10-5-6-20-12(10)9-3-4-9/h8-12H,3-7H2,1-2H3,(H,17,18)(H2,15,16,19). The smallest absolute Gasteiger partial charge is 0.326 e. The van der Waals surface area contributed by atoms with E-state index in [1.165, 1.54) is 0 Å². The maximum atomic E-state index is 11.9. The number of carbonyl (C=O) groups excluding carboxylic acids is 1. The Kier molecular flexibility index (Phi) is 4.86. The Labute approximate surface area is 119 Å². The monoisotopic (exact) mass is 284 g/mol. The molecule has 0 spiro atoms. The van der Waals surface area contributed by atoms with Crippen LogP contribution in [0.4, 0.5) is 4.79 Å². The molecular weight excluding hydrogens is 260 g/mol. The first-order valence-corrected chi connectivity index (χ1v) is 7.38. The molecule has 1 heterocycles. The van der Waals surface area contributed by atoms with E-state index in [-0.39, 0.29) is 18.1 Å². The molecule has 0 aromatic rings. The van der Waals surface area contributed by atoms with Crippen molar-refractivity contribution >= 4 is 12.0 Å². The number of hydrogen-bond acceptors (Lipinski definition) is 3. The van der Waals surface area contributed by atoms with Crippen LogP contribution >= 0.6 is 0 Å². The van der Waals surface area contributed by atoms with Crippen LogP contribution in [0.2, 0.25) is 0 Å². The third kappa shape index (κ3) is 4.10. The molecule has 2 fully saturated rings. The molecule has 3 N–H and O–H groups in total. The maximum Gasteiger partial charge on any atom is 0.326 e. The van der Waals surface area contributed by atoms with Crippen LogP contribution in [0.1, 0.15) is 39.5 Å². The summed E-state index contributed by atoms with van der Waals surface area (Å²) in [4.78, 5) is 23.1. The van der Waals surface area contributed by atoms with Crippen LogP contribution in [0.3, 0.4) is 0 Å². The third-order valence-electron chi connectivity index (χ3n) is 3.85. The molecular formula is C14H24N2O4. The molecule has 1 aliphatic heterocycles. The van der Waals surface area contributed by atoms with E-state index in [1.54, 1.807) is 0 Å². The molecule has 2 rings (SSSR count). The predicted octanol–water partition coefficient (Wildman–Crippen LogP) is 1.35. The topological polar surface area (TPSA) is 87.7 Å². The van der Waals surface area contributed by atoms with Crippen LogP contribution in [-0.4, -0.2) is 41.9 Å². The Morgan fingerprint density at radius 1 is 1.30 bits per heavy atom. The van der Waals surface area contributed by atoms with Crippen molar-refractivity contribution in [2.45, 2.75) is 57.7 Å². The number of carboxylic acids is 1. The lowest BCUT2D eigenvalue weighted by molar-refractivity contribution is -0.139. The molecule has 2 aliphatic rings. The largest absolute Gasteiger partial charge is 0.480 e. The van der Waals surface area contributed by atoms with Crippen LogP contribution in [0.25, 0.3) is 0 Å². The lowest BCUT2D eigenvalue weighted by Gasteiger charge is -2.22. The van der Waals surface area contributed by atoms with Gasteiger partial charge in [-0.15, -0.1) is 0 Å². The van der Waals surface area contributed by atoms with Crippen molar-refractivity contribution in [3.63, 3.8) is 0 Å². The Morgan fingerprint density at radius 2 is 2.00 bits per heavy atom. The molecule has 1 saturated carbocycles. The van der Waals surface area contributed by atoms with Crippen molar-refractivity contribution in [1.29, 1.82) is 0 Å². The van der Waals surface area contributed by atoms with Gasteiger partial charge >= 0.3 is 12.0 Å². The molecule has 0 aromatic heterocycles. The van der Waals surface area contributed by atoms with Gasteiger partial charge in [0.25, 0.3) is 0 Å². The molecule has 114 valence electrons. The second-order valence-corrected chi connectivity index (χ2v) is 6.21. The van der Waals surface area contributed by atoms with Crippen molar-refractivity contribution in [2.24, 2.45) is 11.8 Å². The Morgan fingerprint density at radius 3 is 2.55 bits per heavy atom. The summed E-state index contributed by atoms with van der Waals surface area (Å²) < 4.78 is 5.65. The number of ether oxygens (including phenoxy) is 1. The number of rotatable bonds is 6. The molecule has 0 aromatic carbocycles. The van der Waals surface area contributed by atoms with Gasteiger partial charge in [-0.3, -0.25) is 0 Å². The van der Waals surface area contributed by atoms with E-state index in [4.69, 9.17) is 9.84 Å². The van der Waals surface area contributed by atoms with Crippen LogP contribution in [0.15, 0.2) is 0 Å². The molecule has 1 aliphatic carbocycles. The van der Waals surface area contributed by atoms with E-state index in [2.05, 4.69) is 10.6 Å². The molecule has 3 unspecified atom stereocenters. The molecule has 6 heteroatoms. The van der Waals surface area contributed by atoms with Crippen LogP contribution in [0.5, 0.6) is 0 Å². The summed E-state index contributed by atoms with van der Waals surface area (Å²) in [5, 5.41) is 14.5. The third-order valence-corrected chi connectivity index (χ3v) is 3.85. The minimum Gasteiger partial charge on any atom is -0.480 e. The van der Waals surface area contributed by atoms with E-state index < -0.39 is 18.0 Å². The number of aliphatic carboxylic acids is 1. The van der Waals surface area contributed by atoms with E-state index in [0.717, 1.165) is 19.3 Å². The van der Waals surface area contributed by atoms with Gasteiger partial charge in [-0.2, -0.15) is 0 Å². The lowest BCUT2D eigenvalue weighted by atomic mass is 10.0. The zero-order valence-electron chi connectivity index (χ0n) is 12.1. The normalized spacial score (nSPS) is 27.4. The number of amides is 2. The lowest BCUT2D eigenvalue weighted by Crippen LogP contribution is -2.51. The van der Waals surface area contributed by atoms with Gasteiger partial charge in [0, 0.05) is 6.61 Å². The van der Waals surface area contributed by atoms with Gasteiger partial charge in [0.15, 0.2) is 0 Å². The average Bonchev–Trinajstić information content (AvgIpc) is 3.09.